The maximum Gasteiger partial charge on any atom is 0.268 e. The summed E-state index contributed by atoms with van der Waals surface area (Å²) in [5, 5.41) is 4.65. The van der Waals surface area contributed by atoms with E-state index in [-0.39, 0.29) is 18.2 Å². The molecule has 2 aromatic heterocycles. The molecule has 1 aliphatic rings. The number of hydrogen-bond acceptors (Lipinski definition) is 5. The molecular weight excluding hydrogens is 325 g/mol. The van der Waals surface area contributed by atoms with E-state index < -0.39 is 5.54 Å². The molecule has 1 aromatic carbocycles. The molecule has 7 heteroatoms. The van der Waals surface area contributed by atoms with Crippen LogP contribution >= 0.6 is 23.7 Å². The van der Waals surface area contributed by atoms with E-state index >= 15 is 0 Å². The van der Waals surface area contributed by atoms with E-state index in [2.05, 4.69) is 10.1 Å². The fraction of sp³-hybridized carbons (Fsp3) is 0.333. The highest BCUT2D eigenvalue weighted by Gasteiger charge is 2.39. The van der Waals surface area contributed by atoms with E-state index in [9.17, 15) is 4.39 Å². The molecule has 0 atom stereocenters. The highest BCUT2D eigenvalue weighted by atomic mass is 35.5. The van der Waals surface area contributed by atoms with Crippen LogP contribution in [0.15, 0.2) is 22.7 Å². The summed E-state index contributed by atoms with van der Waals surface area (Å²) in [4.78, 5) is 5.26. The summed E-state index contributed by atoms with van der Waals surface area (Å²) in [6.45, 7) is 1.88. The normalized spacial score (nSPS) is 16.3. The summed E-state index contributed by atoms with van der Waals surface area (Å²) < 4.78 is 20.2. The molecule has 4 nitrogen and oxygen atoms in total. The Hall–Kier alpha value is -1.50. The topological polar surface area (TPSA) is 64.9 Å². The average molecular weight is 340 g/mol. The molecule has 116 valence electrons. The van der Waals surface area contributed by atoms with Gasteiger partial charge in [0.15, 0.2) is 5.82 Å². The van der Waals surface area contributed by atoms with Crippen LogP contribution < -0.4 is 5.73 Å². The molecule has 0 radical (unpaired) electrons. The molecule has 4 rings (SSSR count). The lowest BCUT2D eigenvalue weighted by Gasteiger charge is -2.34. The standard InChI is InChI=1S/C15H14FN3OS.ClH/c1-8-11-9(16)4-2-5-10(11)21-12(8)13-18-14(19-20-13)15(17)6-3-7-15;/h2,4-5H,3,6-7,17H2,1H3;1H. The summed E-state index contributed by atoms with van der Waals surface area (Å²) >= 11 is 1.46. The van der Waals surface area contributed by atoms with E-state index in [1.165, 1.54) is 17.4 Å². The molecule has 22 heavy (non-hydrogen) atoms. The third-order valence-electron chi connectivity index (χ3n) is 4.21. The smallest absolute Gasteiger partial charge is 0.268 e. The Labute approximate surface area is 136 Å². The predicted octanol–water partition coefficient (Wildman–Crippen LogP) is 4.16. The molecule has 1 saturated carbocycles. The monoisotopic (exact) mass is 339 g/mol. The number of nitrogens with zero attached hydrogens (tertiary/aromatic N) is 2. The molecule has 1 fully saturated rings. The van der Waals surface area contributed by atoms with Crippen LogP contribution in [-0.4, -0.2) is 10.1 Å². The zero-order chi connectivity index (χ0) is 14.6. The number of aromatic nitrogens is 2. The molecule has 0 aliphatic heterocycles. The molecular formula is C15H15ClFN3OS. The Morgan fingerprint density at radius 1 is 1.36 bits per heavy atom. The number of rotatable bonds is 2. The van der Waals surface area contributed by atoms with Crippen molar-refractivity contribution in [3.63, 3.8) is 0 Å². The van der Waals surface area contributed by atoms with Crippen molar-refractivity contribution in [3.8, 4) is 10.8 Å². The first-order valence-corrected chi connectivity index (χ1v) is 7.71. The maximum absolute atomic E-state index is 14.0. The number of fused-ring (bicyclic) bond motifs is 1. The fourth-order valence-electron chi connectivity index (χ4n) is 2.76. The van der Waals surface area contributed by atoms with Gasteiger partial charge in [-0.05, 0) is 43.9 Å². The van der Waals surface area contributed by atoms with Crippen molar-refractivity contribution >= 4 is 33.8 Å². The Balaban J connectivity index is 0.00000144. The fourth-order valence-corrected chi connectivity index (χ4v) is 3.90. The van der Waals surface area contributed by atoms with Gasteiger partial charge in [0.2, 0.25) is 0 Å². The van der Waals surface area contributed by atoms with Crippen molar-refractivity contribution in [3.05, 3.63) is 35.4 Å². The largest absolute Gasteiger partial charge is 0.333 e. The first-order chi connectivity index (χ1) is 10.1. The molecule has 0 amide bonds. The number of halogens is 2. The highest BCUT2D eigenvalue weighted by molar-refractivity contribution is 7.22. The van der Waals surface area contributed by atoms with Gasteiger partial charge in [-0.2, -0.15) is 4.98 Å². The third-order valence-corrected chi connectivity index (χ3v) is 5.46. The average Bonchev–Trinajstić information content (AvgIpc) is 3.02. The van der Waals surface area contributed by atoms with E-state index in [0.29, 0.717) is 17.1 Å². The lowest BCUT2D eigenvalue weighted by atomic mass is 9.77. The van der Waals surface area contributed by atoms with Crippen LogP contribution in [0.1, 0.15) is 30.7 Å². The summed E-state index contributed by atoms with van der Waals surface area (Å²) in [5.74, 6) is 0.766. The first-order valence-electron chi connectivity index (χ1n) is 6.89. The SMILES string of the molecule is Cc1c(-c2nc(C3(N)CCC3)no2)sc2cccc(F)c12.Cl. The zero-order valence-electron chi connectivity index (χ0n) is 11.9. The zero-order valence-corrected chi connectivity index (χ0v) is 13.6. The van der Waals surface area contributed by atoms with Crippen molar-refractivity contribution < 1.29 is 8.91 Å². The molecule has 0 unspecified atom stereocenters. The minimum Gasteiger partial charge on any atom is -0.333 e. The van der Waals surface area contributed by atoms with E-state index in [4.69, 9.17) is 10.3 Å². The molecule has 0 spiro atoms. The van der Waals surface area contributed by atoms with Gasteiger partial charge in [0.05, 0.1) is 10.4 Å². The van der Waals surface area contributed by atoms with Gasteiger partial charge in [0, 0.05) is 10.1 Å². The van der Waals surface area contributed by atoms with Gasteiger partial charge in [-0.3, -0.25) is 0 Å². The number of benzene rings is 1. The van der Waals surface area contributed by atoms with E-state index in [1.54, 1.807) is 6.07 Å². The summed E-state index contributed by atoms with van der Waals surface area (Å²) in [7, 11) is 0. The second-order valence-corrected chi connectivity index (χ2v) is 6.65. The van der Waals surface area contributed by atoms with Crippen molar-refractivity contribution in [2.75, 3.05) is 0 Å². The molecule has 0 bridgehead atoms. The number of nitrogens with two attached hydrogens (primary N) is 1. The number of hydrogen-bond donors (Lipinski definition) is 1. The Bertz CT molecular complexity index is 841. The van der Waals surface area contributed by atoms with Crippen LogP contribution in [0.5, 0.6) is 0 Å². The minimum atomic E-state index is -0.447. The lowest BCUT2D eigenvalue weighted by molar-refractivity contribution is 0.229. The van der Waals surface area contributed by atoms with Crippen LogP contribution in [0.25, 0.3) is 20.9 Å². The molecule has 1 aliphatic carbocycles. The van der Waals surface area contributed by atoms with Gasteiger partial charge in [-0.25, -0.2) is 4.39 Å². The maximum atomic E-state index is 14.0. The molecule has 0 saturated heterocycles. The molecule has 3 aromatic rings. The Morgan fingerprint density at radius 2 is 2.14 bits per heavy atom. The van der Waals surface area contributed by atoms with Gasteiger partial charge in [0.25, 0.3) is 5.89 Å². The van der Waals surface area contributed by atoms with Crippen LogP contribution in [0.4, 0.5) is 4.39 Å². The lowest BCUT2D eigenvalue weighted by Crippen LogP contribution is -2.44. The van der Waals surface area contributed by atoms with Gasteiger partial charge < -0.3 is 10.3 Å². The van der Waals surface area contributed by atoms with Gasteiger partial charge in [0.1, 0.15) is 5.82 Å². The van der Waals surface area contributed by atoms with Crippen LogP contribution in [0.3, 0.4) is 0 Å². The summed E-state index contributed by atoms with van der Waals surface area (Å²) in [6.07, 6.45) is 2.85. The minimum absolute atomic E-state index is 0. The summed E-state index contributed by atoms with van der Waals surface area (Å²) in [6, 6.07) is 5.07. The third kappa shape index (κ3) is 2.14. The molecule has 2 N–H and O–H groups in total. The van der Waals surface area contributed by atoms with Crippen molar-refractivity contribution in [1.29, 1.82) is 0 Å². The first kappa shape index (κ1) is 15.4. The van der Waals surface area contributed by atoms with Crippen LogP contribution in [0, 0.1) is 12.7 Å². The van der Waals surface area contributed by atoms with Crippen molar-refractivity contribution in [2.24, 2.45) is 5.73 Å². The van der Waals surface area contributed by atoms with Crippen molar-refractivity contribution in [1.82, 2.24) is 10.1 Å². The van der Waals surface area contributed by atoms with Gasteiger partial charge >= 0.3 is 0 Å². The number of aryl methyl sites for hydroxylation is 1. The van der Waals surface area contributed by atoms with Gasteiger partial charge in [-0.15, -0.1) is 23.7 Å². The quantitative estimate of drug-likeness (QED) is 0.761. The Morgan fingerprint density at radius 3 is 2.77 bits per heavy atom. The van der Waals surface area contributed by atoms with Crippen LogP contribution in [0.2, 0.25) is 0 Å². The van der Waals surface area contributed by atoms with E-state index in [1.807, 2.05) is 13.0 Å². The second kappa shape index (κ2) is 5.30. The van der Waals surface area contributed by atoms with E-state index in [0.717, 1.165) is 34.4 Å². The van der Waals surface area contributed by atoms with Crippen LogP contribution in [-0.2, 0) is 5.54 Å². The Kier molecular flexibility index (Phi) is 3.71. The molecule has 2 heterocycles. The number of thiophene rings is 1. The highest BCUT2D eigenvalue weighted by Crippen LogP contribution is 2.41. The van der Waals surface area contributed by atoms with Crippen molar-refractivity contribution in [2.45, 2.75) is 31.7 Å². The summed E-state index contributed by atoms with van der Waals surface area (Å²) in [5.41, 5.74) is 6.60. The second-order valence-electron chi connectivity index (χ2n) is 5.60. The predicted molar refractivity (Wildman–Crippen MR) is 86.8 cm³/mol. The van der Waals surface area contributed by atoms with Gasteiger partial charge in [-0.1, -0.05) is 11.2 Å².